The monoisotopic (exact) mass is 258 g/mol. The van der Waals surface area contributed by atoms with Gasteiger partial charge in [0, 0.05) is 18.2 Å². The fourth-order valence-electron chi connectivity index (χ4n) is 3.23. The molecule has 1 aliphatic carbocycles. The lowest BCUT2D eigenvalue weighted by molar-refractivity contribution is -0.116. The summed E-state index contributed by atoms with van der Waals surface area (Å²) in [6, 6.07) is 6.98. The topological polar surface area (TPSA) is 41.1 Å². The zero-order valence-electron chi connectivity index (χ0n) is 11.7. The summed E-state index contributed by atoms with van der Waals surface area (Å²) < 4.78 is 0. The summed E-state index contributed by atoms with van der Waals surface area (Å²) in [4.78, 5) is 11.6. The fraction of sp³-hybridized carbons (Fsp3) is 0.562. The molecule has 3 nitrogen and oxygen atoms in total. The molecule has 2 N–H and O–H groups in total. The standard InChI is InChI=1S/C16H22N2O/c1-10-8-13(10)16(17-2)12-6-7-14-11(9-12)4-3-5-15(19)18-14/h6-7,9-10,13,16-17H,3-5,8H2,1-2H3,(H,18,19). The largest absolute Gasteiger partial charge is 0.326 e. The number of hydrogen-bond acceptors (Lipinski definition) is 2. The first-order valence-electron chi connectivity index (χ1n) is 7.29. The molecule has 0 saturated heterocycles. The SMILES string of the molecule is CNC(c1ccc2c(c1)CCCC(=O)N2)C1CC1C. The van der Waals surface area contributed by atoms with E-state index >= 15 is 0 Å². The average molecular weight is 258 g/mol. The second-order valence-corrected chi connectivity index (χ2v) is 5.96. The number of anilines is 1. The van der Waals surface area contributed by atoms with Crippen molar-refractivity contribution in [2.45, 2.75) is 38.6 Å². The predicted octanol–water partition coefficient (Wildman–Crippen LogP) is 2.88. The van der Waals surface area contributed by atoms with E-state index in [4.69, 9.17) is 0 Å². The minimum atomic E-state index is 0.146. The van der Waals surface area contributed by atoms with Crippen molar-refractivity contribution in [2.24, 2.45) is 11.8 Å². The summed E-state index contributed by atoms with van der Waals surface area (Å²) in [6.45, 7) is 2.32. The van der Waals surface area contributed by atoms with Crippen LogP contribution in [0.4, 0.5) is 5.69 Å². The van der Waals surface area contributed by atoms with Crippen molar-refractivity contribution in [3.05, 3.63) is 29.3 Å². The first-order chi connectivity index (χ1) is 9.19. The van der Waals surface area contributed by atoms with E-state index in [2.05, 4.69) is 35.8 Å². The maximum Gasteiger partial charge on any atom is 0.224 e. The molecular formula is C16H22N2O. The third kappa shape index (κ3) is 2.52. The van der Waals surface area contributed by atoms with Crippen LogP contribution in [0.2, 0.25) is 0 Å². The molecule has 1 aromatic carbocycles. The van der Waals surface area contributed by atoms with Crippen molar-refractivity contribution in [1.82, 2.24) is 5.32 Å². The van der Waals surface area contributed by atoms with Gasteiger partial charge in [-0.1, -0.05) is 19.1 Å². The van der Waals surface area contributed by atoms with Crippen LogP contribution >= 0.6 is 0 Å². The molecule has 102 valence electrons. The molecule has 0 aromatic heterocycles. The van der Waals surface area contributed by atoms with Gasteiger partial charge in [-0.3, -0.25) is 4.79 Å². The normalized spacial score (nSPS) is 27.2. The average Bonchev–Trinajstić information content (AvgIpc) is 3.12. The van der Waals surface area contributed by atoms with Crippen molar-refractivity contribution in [3.63, 3.8) is 0 Å². The Bertz CT molecular complexity index is 498. The maximum absolute atomic E-state index is 11.6. The summed E-state index contributed by atoms with van der Waals surface area (Å²) in [7, 11) is 2.04. The second kappa shape index (κ2) is 4.97. The fourth-order valence-corrected chi connectivity index (χ4v) is 3.23. The predicted molar refractivity (Wildman–Crippen MR) is 77.1 cm³/mol. The quantitative estimate of drug-likeness (QED) is 0.875. The molecule has 1 amide bonds. The van der Waals surface area contributed by atoms with Gasteiger partial charge in [0.15, 0.2) is 0 Å². The molecule has 1 aliphatic heterocycles. The number of rotatable bonds is 3. The highest BCUT2D eigenvalue weighted by Gasteiger charge is 2.39. The molecule has 3 unspecified atom stereocenters. The lowest BCUT2D eigenvalue weighted by atomic mass is 9.97. The molecule has 19 heavy (non-hydrogen) atoms. The maximum atomic E-state index is 11.6. The van der Waals surface area contributed by atoms with Crippen LogP contribution in [0, 0.1) is 11.8 Å². The Labute approximate surface area is 114 Å². The van der Waals surface area contributed by atoms with Crippen molar-refractivity contribution in [3.8, 4) is 0 Å². The zero-order valence-corrected chi connectivity index (χ0v) is 11.7. The van der Waals surface area contributed by atoms with Crippen LogP contribution in [-0.2, 0) is 11.2 Å². The van der Waals surface area contributed by atoms with Crippen LogP contribution < -0.4 is 10.6 Å². The highest BCUT2D eigenvalue weighted by molar-refractivity contribution is 5.92. The van der Waals surface area contributed by atoms with E-state index in [1.165, 1.54) is 17.5 Å². The summed E-state index contributed by atoms with van der Waals surface area (Å²) >= 11 is 0. The minimum absolute atomic E-state index is 0.146. The van der Waals surface area contributed by atoms with Gasteiger partial charge in [0.05, 0.1) is 0 Å². The lowest BCUT2D eigenvalue weighted by Gasteiger charge is -2.18. The Balaban J connectivity index is 1.88. The van der Waals surface area contributed by atoms with Crippen molar-refractivity contribution in [2.75, 3.05) is 12.4 Å². The van der Waals surface area contributed by atoms with Gasteiger partial charge in [-0.05, 0) is 55.3 Å². The molecule has 3 heteroatoms. The molecule has 1 saturated carbocycles. The minimum Gasteiger partial charge on any atom is -0.326 e. The molecule has 3 atom stereocenters. The van der Waals surface area contributed by atoms with E-state index in [0.29, 0.717) is 12.5 Å². The lowest BCUT2D eigenvalue weighted by Crippen LogP contribution is -2.19. The van der Waals surface area contributed by atoms with Gasteiger partial charge < -0.3 is 10.6 Å². The van der Waals surface area contributed by atoms with E-state index in [-0.39, 0.29) is 5.91 Å². The number of hydrogen-bond donors (Lipinski definition) is 2. The van der Waals surface area contributed by atoms with E-state index in [1.54, 1.807) is 0 Å². The Morgan fingerprint density at radius 1 is 1.37 bits per heavy atom. The number of carbonyl (C=O) groups is 1. The van der Waals surface area contributed by atoms with Gasteiger partial charge in [0.2, 0.25) is 5.91 Å². The third-order valence-electron chi connectivity index (χ3n) is 4.52. The summed E-state index contributed by atoms with van der Waals surface area (Å²) in [6.07, 6.45) is 3.91. The number of nitrogens with one attached hydrogen (secondary N) is 2. The first kappa shape index (κ1) is 12.7. The van der Waals surface area contributed by atoms with Crippen molar-refractivity contribution < 1.29 is 4.79 Å². The van der Waals surface area contributed by atoms with E-state index in [1.807, 2.05) is 7.05 Å². The third-order valence-corrected chi connectivity index (χ3v) is 4.52. The molecule has 0 spiro atoms. The molecule has 1 fully saturated rings. The molecule has 1 aromatic rings. The van der Waals surface area contributed by atoms with Crippen LogP contribution in [0.25, 0.3) is 0 Å². The van der Waals surface area contributed by atoms with Crippen molar-refractivity contribution in [1.29, 1.82) is 0 Å². The molecule has 3 rings (SSSR count). The Hall–Kier alpha value is -1.35. The summed E-state index contributed by atoms with van der Waals surface area (Å²) in [5.74, 6) is 1.74. The van der Waals surface area contributed by atoms with Gasteiger partial charge in [-0.15, -0.1) is 0 Å². The van der Waals surface area contributed by atoms with Gasteiger partial charge in [0.25, 0.3) is 0 Å². The molecular weight excluding hydrogens is 236 g/mol. The van der Waals surface area contributed by atoms with E-state index in [9.17, 15) is 4.79 Å². The number of benzene rings is 1. The Morgan fingerprint density at radius 3 is 2.84 bits per heavy atom. The summed E-state index contributed by atoms with van der Waals surface area (Å²) in [5.41, 5.74) is 3.66. The zero-order chi connectivity index (χ0) is 13.4. The summed E-state index contributed by atoms with van der Waals surface area (Å²) in [5, 5.41) is 6.46. The van der Waals surface area contributed by atoms with Crippen LogP contribution in [0.5, 0.6) is 0 Å². The van der Waals surface area contributed by atoms with Gasteiger partial charge in [-0.25, -0.2) is 0 Å². The van der Waals surface area contributed by atoms with E-state index in [0.717, 1.165) is 30.4 Å². The van der Waals surface area contributed by atoms with Crippen molar-refractivity contribution >= 4 is 11.6 Å². The van der Waals surface area contributed by atoms with Gasteiger partial charge in [0.1, 0.15) is 0 Å². The van der Waals surface area contributed by atoms with Crippen LogP contribution in [0.3, 0.4) is 0 Å². The number of carbonyl (C=O) groups excluding carboxylic acids is 1. The molecule has 2 aliphatic rings. The highest BCUT2D eigenvalue weighted by Crippen LogP contribution is 2.47. The second-order valence-electron chi connectivity index (χ2n) is 5.96. The first-order valence-corrected chi connectivity index (χ1v) is 7.29. The van der Waals surface area contributed by atoms with Crippen LogP contribution in [-0.4, -0.2) is 13.0 Å². The number of amides is 1. The van der Waals surface area contributed by atoms with E-state index < -0.39 is 0 Å². The Kier molecular flexibility index (Phi) is 3.31. The molecule has 1 heterocycles. The smallest absolute Gasteiger partial charge is 0.224 e. The molecule has 0 radical (unpaired) electrons. The number of fused-ring (bicyclic) bond motifs is 1. The van der Waals surface area contributed by atoms with Crippen LogP contribution in [0.1, 0.15) is 43.4 Å². The number of aryl methyl sites for hydroxylation is 1. The molecule has 0 bridgehead atoms. The van der Waals surface area contributed by atoms with Crippen LogP contribution in [0.15, 0.2) is 18.2 Å². The highest BCUT2D eigenvalue weighted by atomic mass is 16.1. The van der Waals surface area contributed by atoms with Gasteiger partial charge >= 0.3 is 0 Å². The Morgan fingerprint density at radius 2 is 2.16 bits per heavy atom. The van der Waals surface area contributed by atoms with Gasteiger partial charge in [-0.2, -0.15) is 0 Å².